The fourth-order valence-electron chi connectivity index (χ4n) is 2.43. The summed E-state index contributed by atoms with van der Waals surface area (Å²) in [5.74, 6) is 1.20. The predicted octanol–water partition coefficient (Wildman–Crippen LogP) is 3.80. The number of rotatable bonds is 4. The summed E-state index contributed by atoms with van der Waals surface area (Å²) < 4.78 is 7.54. The zero-order chi connectivity index (χ0) is 17.3. The van der Waals surface area contributed by atoms with Crippen LogP contribution in [0.3, 0.4) is 0 Å². The fourth-order valence-corrected chi connectivity index (χ4v) is 3.45. The molecule has 1 atom stereocenters. The number of carbonyl (C=O) groups is 1. The van der Waals surface area contributed by atoms with E-state index in [-0.39, 0.29) is 11.8 Å². The summed E-state index contributed by atoms with van der Waals surface area (Å²) in [7, 11) is 0. The van der Waals surface area contributed by atoms with Crippen LogP contribution in [0.15, 0.2) is 12.1 Å². The van der Waals surface area contributed by atoms with E-state index in [9.17, 15) is 4.79 Å². The molecule has 2 aromatic heterocycles. The summed E-state index contributed by atoms with van der Waals surface area (Å²) in [6, 6.07) is 3.81. The predicted molar refractivity (Wildman–Crippen MR) is 94.9 cm³/mol. The molecule has 0 spiro atoms. The van der Waals surface area contributed by atoms with Gasteiger partial charge in [0.15, 0.2) is 5.82 Å². The molecule has 1 unspecified atom stereocenters. The van der Waals surface area contributed by atoms with Crippen LogP contribution in [0.2, 0.25) is 4.34 Å². The molecule has 1 aliphatic heterocycles. The second-order valence-corrected chi connectivity index (χ2v) is 8.68. The molecule has 0 bridgehead atoms. The summed E-state index contributed by atoms with van der Waals surface area (Å²) in [6.45, 7) is 7.49. The standard InChI is InChI=1S/C16H21ClN4O2S/c1-16(2,3)14(22)21-15(18-8-11-4-5-12(17)24-11)19-13(20-21)10-6-7-23-9-10/h4-5,10H,6-9H2,1-3H3,(H,18,19,20). The van der Waals surface area contributed by atoms with Gasteiger partial charge < -0.3 is 10.1 Å². The molecule has 0 aromatic carbocycles. The van der Waals surface area contributed by atoms with E-state index in [0.717, 1.165) is 15.6 Å². The fraction of sp³-hybridized carbons (Fsp3) is 0.562. The smallest absolute Gasteiger partial charge is 0.255 e. The molecular formula is C16H21ClN4O2S. The average molecular weight is 369 g/mol. The second kappa shape index (κ2) is 6.82. The number of hydrogen-bond acceptors (Lipinski definition) is 6. The van der Waals surface area contributed by atoms with E-state index in [1.807, 2.05) is 32.9 Å². The summed E-state index contributed by atoms with van der Waals surface area (Å²) in [5, 5.41) is 7.69. The highest BCUT2D eigenvalue weighted by molar-refractivity contribution is 7.16. The van der Waals surface area contributed by atoms with Crippen molar-refractivity contribution in [1.29, 1.82) is 0 Å². The monoisotopic (exact) mass is 368 g/mol. The summed E-state index contributed by atoms with van der Waals surface area (Å²) in [4.78, 5) is 18.3. The van der Waals surface area contributed by atoms with Gasteiger partial charge in [0.2, 0.25) is 5.95 Å². The SMILES string of the molecule is CC(C)(C)C(=O)n1nc(C2CCOC2)nc1NCc1ccc(Cl)s1. The number of aromatic nitrogens is 3. The molecule has 6 nitrogen and oxygen atoms in total. The molecule has 1 fully saturated rings. The molecule has 8 heteroatoms. The maximum absolute atomic E-state index is 12.7. The lowest BCUT2D eigenvalue weighted by Gasteiger charge is -2.17. The van der Waals surface area contributed by atoms with Crippen LogP contribution in [0, 0.1) is 5.41 Å². The van der Waals surface area contributed by atoms with Crippen LogP contribution in [0.4, 0.5) is 5.95 Å². The Balaban J connectivity index is 1.85. The number of nitrogens with one attached hydrogen (secondary N) is 1. The van der Waals surface area contributed by atoms with Crippen LogP contribution < -0.4 is 5.32 Å². The number of nitrogens with zero attached hydrogens (tertiary/aromatic N) is 3. The van der Waals surface area contributed by atoms with E-state index in [1.165, 1.54) is 16.0 Å². The van der Waals surface area contributed by atoms with Gasteiger partial charge in [-0.05, 0) is 18.6 Å². The average Bonchev–Trinajstić information content (AvgIpc) is 3.23. The van der Waals surface area contributed by atoms with Gasteiger partial charge in [0.25, 0.3) is 5.91 Å². The lowest BCUT2D eigenvalue weighted by atomic mass is 9.96. The highest BCUT2D eigenvalue weighted by atomic mass is 35.5. The van der Waals surface area contributed by atoms with Crippen molar-refractivity contribution in [3.63, 3.8) is 0 Å². The van der Waals surface area contributed by atoms with E-state index >= 15 is 0 Å². The molecule has 3 heterocycles. The number of ether oxygens (including phenoxy) is 1. The van der Waals surface area contributed by atoms with Crippen molar-refractivity contribution in [2.45, 2.75) is 39.7 Å². The summed E-state index contributed by atoms with van der Waals surface area (Å²) in [5.41, 5.74) is -0.542. The Hall–Kier alpha value is -1.44. The van der Waals surface area contributed by atoms with Crippen molar-refractivity contribution in [2.75, 3.05) is 18.5 Å². The lowest BCUT2D eigenvalue weighted by Crippen LogP contribution is -2.29. The van der Waals surface area contributed by atoms with E-state index in [0.29, 0.717) is 31.5 Å². The Morgan fingerprint density at radius 3 is 2.88 bits per heavy atom. The van der Waals surface area contributed by atoms with Crippen molar-refractivity contribution in [1.82, 2.24) is 14.8 Å². The molecule has 1 N–H and O–H groups in total. The van der Waals surface area contributed by atoms with Crippen LogP contribution in [-0.4, -0.2) is 33.9 Å². The van der Waals surface area contributed by atoms with Crippen molar-refractivity contribution < 1.29 is 9.53 Å². The van der Waals surface area contributed by atoms with Crippen LogP contribution in [-0.2, 0) is 11.3 Å². The Bertz CT molecular complexity index is 729. The topological polar surface area (TPSA) is 69.0 Å². The van der Waals surface area contributed by atoms with Gasteiger partial charge in [0, 0.05) is 22.8 Å². The number of carbonyl (C=O) groups excluding carboxylic acids is 1. The van der Waals surface area contributed by atoms with E-state index in [4.69, 9.17) is 16.3 Å². The Morgan fingerprint density at radius 2 is 2.29 bits per heavy atom. The van der Waals surface area contributed by atoms with Gasteiger partial charge in [-0.15, -0.1) is 16.4 Å². The molecule has 1 saturated heterocycles. The van der Waals surface area contributed by atoms with Gasteiger partial charge in [0.1, 0.15) is 0 Å². The van der Waals surface area contributed by atoms with Crippen molar-refractivity contribution in [3.05, 3.63) is 27.2 Å². The van der Waals surface area contributed by atoms with E-state index in [2.05, 4.69) is 15.4 Å². The summed E-state index contributed by atoms with van der Waals surface area (Å²) in [6.07, 6.45) is 0.883. The maximum Gasteiger partial charge on any atom is 0.255 e. The van der Waals surface area contributed by atoms with Crippen molar-refractivity contribution in [3.8, 4) is 0 Å². The molecule has 0 radical (unpaired) electrons. The van der Waals surface area contributed by atoms with Gasteiger partial charge >= 0.3 is 0 Å². The van der Waals surface area contributed by atoms with Gasteiger partial charge in [-0.3, -0.25) is 4.79 Å². The number of halogens is 1. The first-order valence-electron chi connectivity index (χ1n) is 7.92. The van der Waals surface area contributed by atoms with Crippen LogP contribution in [0.1, 0.15) is 48.6 Å². The van der Waals surface area contributed by atoms with Gasteiger partial charge in [-0.25, -0.2) is 0 Å². The molecule has 0 aliphatic carbocycles. The number of hydrogen-bond donors (Lipinski definition) is 1. The quantitative estimate of drug-likeness (QED) is 0.888. The highest BCUT2D eigenvalue weighted by Crippen LogP contribution is 2.27. The third-order valence-electron chi connectivity index (χ3n) is 3.80. The van der Waals surface area contributed by atoms with Crippen LogP contribution in [0.25, 0.3) is 0 Å². The van der Waals surface area contributed by atoms with Gasteiger partial charge in [-0.1, -0.05) is 32.4 Å². The minimum Gasteiger partial charge on any atom is -0.381 e. The first-order valence-corrected chi connectivity index (χ1v) is 9.11. The molecule has 130 valence electrons. The van der Waals surface area contributed by atoms with Gasteiger partial charge in [0.05, 0.1) is 17.5 Å². The number of anilines is 1. The molecular weight excluding hydrogens is 348 g/mol. The zero-order valence-corrected chi connectivity index (χ0v) is 15.6. The Kier molecular flexibility index (Phi) is 4.94. The lowest BCUT2D eigenvalue weighted by molar-refractivity contribution is 0.0750. The maximum atomic E-state index is 12.7. The highest BCUT2D eigenvalue weighted by Gasteiger charge is 2.30. The van der Waals surface area contributed by atoms with Crippen LogP contribution in [0.5, 0.6) is 0 Å². The third kappa shape index (κ3) is 3.79. The molecule has 0 saturated carbocycles. The molecule has 24 heavy (non-hydrogen) atoms. The Labute approximate surface area is 150 Å². The van der Waals surface area contributed by atoms with E-state index < -0.39 is 5.41 Å². The first-order chi connectivity index (χ1) is 11.3. The Morgan fingerprint density at radius 1 is 1.50 bits per heavy atom. The largest absolute Gasteiger partial charge is 0.381 e. The third-order valence-corrected chi connectivity index (χ3v) is 5.03. The van der Waals surface area contributed by atoms with Gasteiger partial charge in [-0.2, -0.15) is 9.67 Å². The van der Waals surface area contributed by atoms with Crippen molar-refractivity contribution in [2.24, 2.45) is 5.41 Å². The van der Waals surface area contributed by atoms with E-state index in [1.54, 1.807) is 0 Å². The molecule has 2 aromatic rings. The normalized spacial score (nSPS) is 18.1. The molecule has 3 rings (SSSR count). The minimum atomic E-state index is -0.542. The molecule has 0 amide bonds. The van der Waals surface area contributed by atoms with Crippen molar-refractivity contribution >= 4 is 34.8 Å². The summed E-state index contributed by atoms with van der Waals surface area (Å²) >= 11 is 7.46. The zero-order valence-electron chi connectivity index (χ0n) is 14.0. The number of thiophene rings is 1. The second-order valence-electron chi connectivity index (χ2n) is 6.88. The minimum absolute atomic E-state index is 0.0909. The molecule has 1 aliphatic rings. The van der Waals surface area contributed by atoms with Crippen LogP contribution >= 0.6 is 22.9 Å². The first kappa shape index (κ1) is 17.4.